The van der Waals surface area contributed by atoms with Crippen LogP contribution in [-0.2, 0) is 11.2 Å². The van der Waals surface area contributed by atoms with Crippen LogP contribution < -0.4 is 4.74 Å². The first-order valence-electron chi connectivity index (χ1n) is 17.8. The molecule has 4 rings (SSSR count). The van der Waals surface area contributed by atoms with E-state index in [1.54, 1.807) is 0 Å². The Balaban J connectivity index is 1.11. The molecule has 42 heavy (non-hydrogen) atoms. The fourth-order valence-corrected chi connectivity index (χ4v) is 7.50. The quantitative estimate of drug-likeness (QED) is 0.107. The Kier molecular flexibility index (Phi) is 14.3. The molecule has 232 valence electrons. The van der Waals surface area contributed by atoms with Crippen molar-refractivity contribution in [2.45, 2.75) is 149 Å². The molecule has 2 fully saturated rings. The zero-order valence-corrected chi connectivity index (χ0v) is 26.8. The van der Waals surface area contributed by atoms with Crippen LogP contribution in [0.25, 0.3) is 11.4 Å². The van der Waals surface area contributed by atoms with Crippen LogP contribution in [0.2, 0.25) is 0 Å². The predicted octanol–water partition coefficient (Wildman–Crippen LogP) is 10.9. The molecule has 1 aromatic heterocycles. The molecule has 4 nitrogen and oxygen atoms in total. The number of rotatable bonds is 17. The fraction of sp³-hybridized carbons (Fsp3) is 0.711. The number of carbonyl (C=O) groups excluding carboxylic acids is 1. The highest BCUT2D eigenvalue weighted by Gasteiger charge is 2.33. The number of carbonyl (C=O) groups is 1. The van der Waals surface area contributed by atoms with E-state index in [1.165, 1.54) is 121 Å². The highest BCUT2D eigenvalue weighted by atomic mass is 16.5. The van der Waals surface area contributed by atoms with Gasteiger partial charge >= 0.3 is 5.97 Å². The Morgan fingerprint density at radius 2 is 1.24 bits per heavy atom. The lowest BCUT2D eigenvalue weighted by molar-refractivity contribution is -0.140. The molecule has 0 atom stereocenters. The summed E-state index contributed by atoms with van der Waals surface area (Å²) in [5, 5.41) is 0. The summed E-state index contributed by atoms with van der Waals surface area (Å²) in [4.78, 5) is 22.2. The van der Waals surface area contributed by atoms with Crippen LogP contribution >= 0.6 is 0 Å². The first-order chi connectivity index (χ1) is 20.7. The summed E-state index contributed by atoms with van der Waals surface area (Å²) in [5.74, 6) is 4.01. The molecule has 1 heterocycles. The summed E-state index contributed by atoms with van der Waals surface area (Å²) in [5.41, 5.74) is 2.16. The van der Waals surface area contributed by atoms with Gasteiger partial charge in [0.05, 0.1) is 5.92 Å². The van der Waals surface area contributed by atoms with Crippen LogP contribution in [0.15, 0.2) is 36.7 Å². The Morgan fingerprint density at radius 3 is 1.81 bits per heavy atom. The standard InChI is InChI=1S/C38H58N2O2/c1-3-5-6-7-8-9-10-11-12-13-15-31-28-39-37(40-29-31)34-24-26-36(27-25-34)42-38(41)35-22-20-33(21-23-35)32-18-16-30(14-4-2)17-19-32/h24-30,32-33,35H,3-23H2,1-2H3. The van der Waals surface area contributed by atoms with Gasteiger partial charge in [-0.25, -0.2) is 9.97 Å². The number of benzene rings is 1. The molecule has 0 saturated heterocycles. The van der Waals surface area contributed by atoms with Gasteiger partial charge in [0.2, 0.25) is 0 Å². The molecule has 0 N–H and O–H groups in total. The number of aromatic nitrogens is 2. The van der Waals surface area contributed by atoms with Crippen molar-refractivity contribution in [3.05, 3.63) is 42.2 Å². The van der Waals surface area contributed by atoms with Gasteiger partial charge in [-0.15, -0.1) is 0 Å². The van der Waals surface area contributed by atoms with Crippen LogP contribution in [0, 0.1) is 23.7 Å². The van der Waals surface area contributed by atoms with Crippen molar-refractivity contribution < 1.29 is 9.53 Å². The number of nitrogens with zero attached hydrogens (tertiary/aromatic N) is 2. The van der Waals surface area contributed by atoms with Gasteiger partial charge in [0.1, 0.15) is 5.75 Å². The Labute approximate surface area is 256 Å². The average molecular weight is 575 g/mol. The van der Waals surface area contributed by atoms with Crippen molar-refractivity contribution in [2.75, 3.05) is 0 Å². The van der Waals surface area contributed by atoms with E-state index in [0.717, 1.165) is 48.4 Å². The number of unbranched alkanes of at least 4 members (excludes halogenated alkanes) is 9. The first kappa shape index (κ1) is 32.7. The summed E-state index contributed by atoms with van der Waals surface area (Å²) < 4.78 is 5.81. The zero-order chi connectivity index (χ0) is 29.4. The number of aryl methyl sites for hydroxylation is 1. The second kappa shape index (κ2) is 18.4. The van der Waals surface area contributed by atoms with E-state index < -0.39 is 0 Å². The lowest BCUT2D eigenvalue weighted by atomic mass is 9.69. The third-order valence-electron chi connectivity index (χ3n) is 10.2. The van der Waals surface area contributed by atoms with Crippen molar-refractivity contribution in [3.63, 3.8) is 0 Å². The zero-order valence-electron chi connectivity index (χ0n) is 26.8. The third-order valence-corrected chi connectivity index (χ3v) is 10.2. The molecule has 0 radical (unpaired) electrons. The number of hydrogen-bond acceptors (Lipinski definition) is 4. The third kappa shape index (κ3) is 10.8. The Bertz CT molecular complexity index is 1000. The summed E-state index contributed by atoms with van der Waals surface area (Å²) in [6.07, 6.45) is 31.2. The highest BCUT2D eigenvalue weighted by Crippen LogP contribution is 2.42. The minimum atomic E-state index is -0.0552. The van der Waals surface area contributed by atoms with Crippen molar-refractivity contribution in [3.8, 4) is 17.1 Å². The highest BCUT2D eigenvalue weighted by molar-refractivity contribution is 5.75. The van der Waals surface area contributed by atoms with Gasteiger partial charge in [0, 0.05) is 18.0 Å². The first-order valence-corrected chi connectivity index (χ1v) is 17.8. The molecule has 4 heteroatoms. The maximum absolute atomic E-state index is 12.9. The molecular formula is C38H58N2O2. The molecule has 0 unspecified atom stereocenters. The van der Waals surface area contributed by atoms with Gasteiger partial charge in [-0.2, -0.15) is 0 Å². The van der Waals surface area contributed by atoms with Crippen molar-refractivity contribution in [1.29, 1.82) is 0 Å². The van der Waals surface area contributed by atoms with E-state index >= 15 is 0 Å². The smallest absolute Gasteiger partial charge is 0.314 e. The number of esters is 1. The fourth-order valence-electron chi connectivity index (χ4n) is 7.50. The van der Waals surface area contributed by atoms with E-state index in [0.29, 0.717) is 5.75 Å². The molecule has 1 aromatic carbocycles. The van der Waals surface area contributed by atoms with Gasteiger partial charge in [0.15, 0.2) is 5.82 Å². The van der Waals surface area contributed by atoms with Crippen LogP contribution in [-0.4, -0.2) is 15.9 Å². The lowest BCUT2D eigenvalue weighted by Gasteiger charge is -2.37. The molecular weight excluding hydrogens is 516 g/mol. The Morgan fingerprint density at radius 1 is 0.690 bits per heavy atom. The van der Waals surface area contributed by atoms with E-state index in [4.69, 9.17) is 4.74 Å². The topological polar surface area (TPSA) is 52.1 Å². The van der Waals surface area contributed by atoms with Gasteiger partial charge < -0.3 is 4.74 Å². The largest absolute Gasteiger partial charge is 0.426 e. The van der Waals surface area contributed by atoms with E-state index in [9.17, 15) is 4.79 Å². The molecule has 0 spiro atoms. The van der Waals surface area contributed by atoms with Gasteiger partial charge in [0.25, 0.3) is 0 Å². The van der Waals surface area contributed by atoms with Crippen molar-refractivity contribution in [1.82, 2.24) is 9.97 Å². The van der Waals surface area contributed by atoms with Crippen LogP contribution in [0.1, 0.15) is 148 Å². The summed E-state index contributed by atoms with van der Waals surface area (Å²) >= 11 is 0. The molecule has 2 aliphatic rings. The average Bonchev–Trinajstić information content (AvgIpc) is 3.03. The molecule has 2 saturated carbocycles. The van der Waals surface area contributed by atoms with Gasteiger partial charge in [-0.3, -0.25) is 4.79 Å². The van der Waals surface area contributed by atoms with Crippen LogP contribution in [0.4, 0.5) is 0 Å². The summed E-state index contributed by atoms with van der Waals surface area (Å²) in [6, 6.07) is 7.70. The Hall–Kier alpha value is -2.23. The molecule has 2 aliphatic carbocycles. The number of hydrogen-bond donors (Lipinski definition) is 0. The monoisotopic (exact) mass is 574 g/mol. The molecule has 2 aromatic rings. The molecule has 0 amide bonds. The molecule has 0 bridgehead atoms. The normalized spacial score (nSPS) is 22.6. The van der Waals surface area contributed by atoms with Crippen LogP contribution in [0.5, 0.6) is 5.75 Å². The second-order valence-electron chi connectivity index (χ2n) is 13.5. The van der Waals surface area contributed by atoms with Crippen molar-refractivity contribution >= 4 is 5.97 Å². The minimum Gasteiger partial charge on any atom is -0.426 e. The SMILES string of the molecule is CCCCCCCCCCCCc1cnc(-c2ccc(OC(=O)C3CCC(C4CCC(CCC)CC4)CC3)cc2)nc1. The number of ether oxygens (including phenoxy) is 1. The van der Waals surface area contributed by atoms with Gasteiger partial charge in [-0.1, -0.05) is 97.3 Å². The molecule has 0 aliphatic heterocycles. The van der Waals surface area contributed by atoms with Crippen LogP contribution in [0.3, 0.4) is 0 Å². The predicted molar refractivity (Wildman–Crippen MR) is 174 cm³/mol. The van der Waals surface area contributed by atoms with E-state index in [1.807, 2.05) is 36.7 Å². The maximum atomic E-state index is 12.9. The lowest BCUT2D eigenvalue weighted by Crippen LogP contribution is -2.30. The second-order valence-corrected chi connectivity index (χ2v) is 13.5. The summed E-state index contributed by atoms with van der Waals surface area (Å²) in [6.45, 7) is 4.59. The van der Waals surface area contributed by atoms with Crippen molar-refractivity contribution in [2.24, 2.45) is 23.7 Å². The summed E-state index contributed by atoms with van der Waals surface area (Å²) in [7, 11) is 0. The minimum absolute atomic E-state index is 0.0452. The van der Waals surface area contributed by atoms with E-state index in [-0.39, 0.29) is 11.9 Å². The van der Waals surface area contributed by atoms with E-state index in [2.05, 4.69) is 23.8 Å². The van der Waals surface area contributed by atoms with Gasteiger partial charge in [-0.05, 0) is 98.9 Å². The maximum Gasteiger partial charge on any atom is 0.314 e.